The molecule has 2 aromatic carbocycles. The van der Waals surface area contributed by atoms with Crippen LogP contribution in [0.5, 0.6) is 11.5 Å². The lowest BCUT2D eigenvalue weighted by molar-refractivity contribution is 0.160. The van der Waals surface area contributed by atoms with Crippen molar-refractivity contribution in [1.82, 2.24) is 0 Å². The third-order valence-electron chi connectivity index (χ3n) is 3.35. The molecule has 19 heavy (non-hydrogen) atoms. The SMILES string of the molecule is N[C@H]1CC(c2cccc(O)c2)Oc2cc(F)ccc21. The molecule has 0 radical (unpaired) electrons. The first-order valence-electron chi connectivity index (χ1n) is 6.14. The summed E-state index contributed by atoms with van der Waals surface area (Å²) in [4.78, 5) is 0. The van der Waals surface area contributed by atoms with Gasteiger partial charge in [-0.25, -0.2) is 4.39 Å². The summed E-state index contributed by atoms with van der Waals surface area (Å²) in [5.41, 5.74) is 7.75. The Balaban J connectivity index is 1.96. The van der Waals surface area contributed by atoms with Gasteiger partial charge in [0, 0.05) is 24.1 Å². The number of ether oxygens (including phenoxy) is 1. The van der Waals surface area contributed by atoms with Gasteiger partial charge in [-0.15, -0.1) is 0 Å². The lowest BCUT2D eigenvalue weighted by atomic mass is 9.93. The van der Waals surface area contributed by atoms with E-state index >= 15 is 0 Å². The highest BCUT2D eigenvalue weighted by Crippen LogP contribution is 2.40. The molecule has 2 aromatic rings. The van der Waals surface area contributed by atoms with Gasteiger partial charge in [0.25, 0.3) is 0 Å². The molecule has 2 atom stereocenters. The Morgan fingerprint density at radius 2 is 2.05 bits per heavy atom. The van der Waals surface area contributed by atoms with Crippen LogP contribution in [0, 0.1) is 5.82 Å². The molecule has 1 aliphatic rings. The summed E-state index contributed by atoms with van der Waals surface area (Å²) >= 11 is 0. The number of phenols is 1. The quantitative estimate of drug-likeness (QED) is 0.827. The molecule has 0 spiro atoms. The van der Waals surface area contributed by atoms with Gasteiger partial charge in [0.1, 0.15) is 23.4 Å². The molecular weight excluding hydrogens is 245 g/mol. The van der Waals surface area contributed by atoms with Crippen LogP contribution in [0.15, 0.2) is 42.5 Å². The van der Waals surface area contributed by atoms with Gasteiger partial charge < -0.3 is 15.6 Å². The van der Waals surface area contributed by atoms with Crippen LogP contribution in [0.1, 0.15) is 29.7 Å². The third kappa shape index (κ3) is 2.27. The van der Waals surface area contributed by atoms with Crippen molar-refractivity contribution in [3.05, 3.63) is 59.4 Å². The highest BCUT2D eigenvalue weighted by atomic mass is 19.1. The number of hydrogen-bond donors (Lipinski definition) is 2. The predicted molar refractivity (Wildman–Crippen MR) is 69.4 cm³/mol. The largest absolute Gasteiger partial charge is 0.508 e. The first-order valence-corrected chi connectivity index (χ1v) is 6.14. The predicted octanol–water partition coefficient (Wildman–Crippen LogP) is 3.05. The molecule has 0 saturated heterocycles. The average molecular weight is 259 g/mol. The minimum atomic E-state index is -0.345. The van der Waals surface area contributed by atoms with Crippen LogP contribution >= 0.6 is 0 Å². The van der Waals surface area contributed by atoms with E-state index in [4.69, 9.17) is 10.5 Å². The Labute approximate surface area is 110 Å². The first kappa shape index (κ1) is 12.0. The van der Waals surface area contributed by atoms with Crippen LogP contribution in [0.4, 0.5) is 4.39 Å². The zero-order chi connectivity index (χ0) is 13.4. The highest BCUT2D eigenvalue weighted by Gasteiger charge is 2.27. The maximum absolute atomic E-state index is 13.3. The lowest BCUT2D eigenvalue weighted by Crippen LogP contribution is -2.24. The summed E-state index contributed by atoms with van der Waals surface area (Å²) in [5, 5.41) is 9.50. The summed E-state index contributed by atoms with van der Waals surface area (Å²) in [5.74, 6) is 0.314. The topological polar surface area (TPSA) is 55.5 Å². The average Bonchev–Trinajstić information content (AvgIpc) is 2.38. The minimum Gasteiger partial charge on any atom is -0.508 e. The molecule has 0 saturated carbocycles. The van der Waals surface area contributed by atoms with E-state index in [1.807, 2.05) is 6.07 Å². The highest BCUT2D eigenvalue weighted by molar-refractivity contribution is 5.40. The second-order valence-corrected chi connectivity index (χ2v) is 4.73. The number of rotatable bonds is 1. The minimum absolute atomic E-state index is 0.180. The molecule has 0 amide bonds. The van der Waals surface area contributed by atoms with Crippen molar-refractivity contribution in [2.24, 2.45) is 5.73 Å². The van der Waals surface area contributed by atoms with Crippen LogP contribution in [0.3, 0.4) is 0 Å². The van der Waals surface area contributed by atoms with Crippen molar-refractivity contribution in [2.75, 3.05) is 0 Å². The zero-order valence-electron chi connectivity index (χ0n) is 10.2. The molecular formula is C15H14FNO2. The Bertz CT molecular complexity index is 615. The molecule has 3 rings (SSSR count). The number of phenolic OH excluding ortho intramolecular Hbond substituents is 1. The monoisotopic (exact) mass is 259 g/mol. The van der Waals surface area contributed by atoms with Crippen LogP contribution in [-0.4, -0.2) is 5.11 Å². The fraction of sp³-hybridized carbons (Fsp3) is 0.200. The Kier molecular flexibility index (Phi) is 2.87. The van der Waals surface area contributed by atoms with Crippen molar-refractivity contribution in [3.63, 3.8) is 0 Å². The van der Waals surface area contributed by atoms with E-state index in [1.54, 1.807) is 24.3 Å². The second kappa shape index (κ2) is 4.55. The van der Waals surface area contributed by atoms with Gasteiger partial charge in [-0.2, -0.15) is 0 Å². The van der Waals surface area contributed by atoms with E-state index in [0.717, 1.165) is 11.1 Å². The van der Waals surface area contributed by atoms with Gasteiger partial charge >= 0.3 is 0 Å². The summed E-state index contributed by atoms with van der Waals surface area (Å²) in [7, 11) is 0. The number of benzene rings is 2. The van der Waals surface area contributed by atoms with Crippen LogP contribution in [0.25, 0.3) is 0 Å². The van der Waals surface area contributed by atoms with Crippen molar-refractivity contribution < 1.29 is 14.2 Å². The summed E-state index contributed by atoms with van der Waals surface area (Å²) in [6.07, 6.45) is 0.332. The van der Waals surface area contributed by atoms with Crippen molar-refractivity contribution in [2.45, 2.75) is 18.6 Å². The van der Waals surface area contributed by atoms with Crippen LogP contribution in [0.2, 0.25) is 0 Å². The normalized spacial score (nSPS) is 21.6. The molecule has 4 heteroatoms. The van der Waals surface area contributed by atoms with E-state index in [1.165, 1.54) is 12.1 Å². The van der Waals surface area contributed by atoms with E-state index in [9.17, 15) is 9.50 Å². The van der Waals surface area contributed by atoms with Crippen LogP contribution < -0.4 is 10.5 Å². The maximum Gasteiger partial charge on any atom is 0.127 e. The Morgan fingerprint density at radius 3 is 2.84 bits per heavy atom. The molecule has 1 unspecified atom stereocenters. The van der Waals surface area contributed by atoms with Gasteiger partial charge in [-0.3, -0.25) is 0 Å². The molecule has 98 valence electrons. The third-order valence-corrected chi connectivity index (χ3v) is 3.35. The smallest absolute Gasteiger partial charge is 0.127 e. The molecule has 1 heterocycles. The summed E-state index contributed by atoms with van der Waals surface area (Å²) in [6, 6.07) is 11.1. The number of halogens is 1. The first-order chi connectivity index (χ1) is 9.13. The van der Waals surface area contributed by atoms with Gasteiger partial charge in [-0.05, 0) is 23.8 Å². The summed E-state index contributed by atoms with van der Waals surface area (Å²) < 4.78 is 19.0. The Morgan fingerprint density at radius 1 is 1.21 bits per heavy atom. The molecule has 0 bridgehead atoms. The number of nitrogens with two attached hydrogens (primary N) is 1. The Hall–Kier alpha value is -2.07. The van der Waals surface area contributed by atoms with Gasteiger partial charge in [0.15, 0.2) is 0 Å². The second-order valence-electron chi connectivity index (χ2n) is 4.73. The van der Waals surface area contributed by atoms with E-state index < -0.39 is 0 Å². The van der Waals surface area contributed by atoms with Gasteiger partial charge in [-0.1, -0.05) is 18.2 Å². The van der Waals surface area contributed by atoms with E-state index in [2.05, 4.69) is 0 Å². The van der Waals surface area contributed by atoms with Crippen molar-refractivity contribution >= 4 is 0 Å². The van der Waals surface area contributed by atoms with Gasteiger partial charge in [0.05, 0.1) is 0 Å². The molecule has 3 N–H and O–H groups in total. The molecule has 0 aliphatic carbocycles. The molecule has 0 fully saturated rings. The van der Waals surface area contributed by atoms with E-state index in [0.29, 0.717) is 12.2 Å². The van der Waals surface area contributed by atoms with E-state index in [-0.39, 0.29) is 23.7 Å². The van der Waals surface area contributed by atoms with Crippen molar-refractivity contribution in [3.8, 4) is 11.5 Å². The molecule has 3 nitrogen and oxygen atoms in total. The standard InChI is InChI=1S/C15H14FNO2/c16-10-4-5-12-13(17)8-14(19-15(12)7-10)9-2-1-3-11(18)6-9/h1-7,13-14,18H,8,17H2/t13-,14?/m0/s1. The summed E-state index contributed by atoms with van der Waals surface area (Å²) in [6.45, 7) is 0. The lowest BCUT2D eigenvalue weighted by Gasteiger charge is -2.30. The number of fused-ring (bicyclic) bond motifs is 1. The number of aromatic hydroxyl groups is 1. The maximum atomic E-state index is 13.3. The van der Waals surface area contributed by atoms with Crippen LogP contribution in [-0.2, 0) is 0 Å². The van der Waals surface area contributed by atoms with Crippen molar-refractivity contribution in [1.29, 1.82) is 0 Å². The molecule has 1 aliphatic heterocycles. The zero-order valence-corrected chi connectivity index (χ0v) is 10.2. The number of hydrogen-bond acceptors (Lipinski definition) is 3. The fourth-order valence-electron chi connectivity index (χ4n) is 2.40. The van der Waals surface area contributed by atoms with Gasteiger partial charge in [0.2, 0.25) is 0 Å². The fourth-order valence-corrected chi connectivity index (χ4v) is 2.40. The molecule has 0 aromatic heterocycles.